The monoisotopic (exact) mass is 534 g/mol. The fourth-order valence-electron chi connectivity index (χ4n) is 1.60. The first-order valence-electron chi connectivity index (χ1n) is 5.71. The molecule has 0 unspecified atom stereocenters. The van der Waals surface area contributed by atoms with Crippen LogP contribution in [-0.2, 0) is 6.18 Å². The topological polar surface area (TPSA) is 66.0 Å². The minimum Gasteiger partial charge on any atom is -0.506 e. The number of rotatable bonds is 2. The number of nitrogens with one attached hydrogen (secondary N) is 1. The fourth-order valence-corrected chi connectivity index (χ4v) is 3.49. The molecule has 0 radical (unpaired) electrons. The van der Waals surface area contributed by atoms with Gasteiger partial charge in [0.05, 0.1) is 9.26 Å². The quantitative estimate of drug-likeness (QED) is 0.576. The van der Waals surface area contributed by atoms with E-state index in [-0.39, 0.29) is 11.4 Å². The molecule has 22 heavy (non-hydrogen) atoms. The van der Waals surface area contributed by atoms with Crippen LogP contribution < -0.4 is 5.69 Å². The van der Waals surface area contributed by atoms with Gasteiger partial charge < -0.3 is 10.1 Å². The Morgan fingerprint density at radius 1 is 1.18 bits per heavy atom. The van der Waals surface area contributed by atoms with E-state index in [0.717, 1.165) is 9.64 Å². The molecule has 0 aliphatic heterocycles. The minimum absolute atomic E-state index is 0.0122. The van der Waals surface area contributed by atoms with Gasteiger partial charge in [0.1, 0.15) is 11.4 Å². The summed E-state index contributed by atoms with van der Waals surface area (Å²) in [6, 6.07) is 4.14. The van der Waals surface area contributed by atoms with Crippen molar-refractivity contribution in [3.8, 4) is 5.75 Å². The van der Waals surface area contributed by atoms with E-state index in [1.54, 1.807) is 17.1 Å². The van der Waals surface area contributed by atoms with Gasteiger partial charge in [0, 0.05) is 9.13 Å². The number of benzene rings is 1. The Morgan fingerprint density at radius 3 is 2.50 bits per heavy atom. The van der Waals surface area contributed by atoms with Crippen LogP contribution in [0.3, 0.4) is 0 Å². The van der Waals surface area contributed by atoms with Gasteiger partial charge in [-0.1, -0.05) is 0 Å². The average Bonchev–Trinajstić information content (AvgIpc) is 2.39. The molecule has 2 N–H and O–H groups in total. The maximum atomic E-state index is 12.6. The van der Waals surface area contributed by atoms with Crippen LogP contribution in [0.5, 0.6) is 5.75 Å². The maximum Gasteiger partial charge on any atom is 0.431 e. The lowest BCUT2D eigenvalue weighted by Gasteiger charge is -2.06. The Bertz CT molecular complexity index is 801. The van der Waals surface area contributed by atoms with Crippen molar-refractivity contribution in [2.24, 2.45) is 0 Å². The highest BCUT2D eigenvalue weighted by atomic mass is 127. The number of phenols is 1. The third kappa shape index (κ3) is 4.21. The molecule has 0 aliphatic carbocycles. The largest absolute Gasteiger partial charge is 0.506 e. The predicted molar refractivity (Wildman–Crippen MR) is 92.3 cm³/mol. The molecule has 0 aliphatic rings. The second kappa shape index (κ2) is 6.56. The molecule has 9 heteroatoms. The lowest BCUT2D eigenvalue weighted by atomic mass is 10.1. The number of phenolic OH excluding ortho intramolecular Hbond substituents is 1. The molecular weight excluding hydrogens is 527 g/mol. The maximum absolute atomic E-state index is 12.6. The van der Waals surface area contributed by atoms with Crippen molar-refractivity contribution >= 4 is 57.3 Å². The van der Waals surface area contributed by atoms with Gasteiger partial charge in [0.15, 0.2) is 0 Å². The number of aromatic hydroxyl groups is 1. The van der Waals surface area contributed by atoms with Crippen molar-refractivity contribution in [1.29, 1.82) is 0 Å². The molecule has 4 nitrogen and oxygen atoms in total. The van der Waals surface area contributed by atoms with Crippen LogP contribution in [0.1, 0.15) is 17.0 Å². The summed E-state index contributed by atoms with van der Waals surface area (Å²) in [4.78, 5) is 16.3. The van der Waals surface area contributed by atoms with Crippen LogP contribution in [0.25, 0.3) is 12.2 Å². The zero-order valence-electron chi connectivity index (χ0n) is 10.6. The van der Waals surface area contributed by atoms with Crippen LogP contribution in [0, 0.1) is 7.14 Å². The molecule has 1 aromatic carbocycles. The smallest absolute Gasteiger partial charge is 0.431 e. The van der Waals surface area contributed by atoms with Gasteiger partial charge in [0.25, 0.3) is 0 Å². The van der Waals surface area contributed by atoms with Crippen molar-refractivity contribution in [3.63, 3.8) is 0 Å². The van der Waals surface area contributed by atoms with Crippen LogP contribution in [-0.4, -0.2) is 15.1 Å². The van der Waals surface area contributed by atoms with Crippen molar-refractivity contribution in [3.05, 3.63) is 52.8 Å². The van der Waals surface area contributed by atoms with Gasteiger partial charge in [-0.3, -0.25) is 0 Å². The molecule has 2 aromatic rings. The third-order valence-corrected chi connectivity index (χ3v) is 4.01. The van der Waals surface area contributed by atoms with Gasteiger partial charge in [-0.25, -0.2) is 4.79 Å². The van der Waals surface area contributed by atoms with Gasteiger partial charge in [-0.05, 0) is 75.5 Å². The first-order valence-corrected chi connectivity index (χ1v) is 7.87. The highest BCUT2D eigenvalue weighted by Crippen LogP contribution is 2.29. The molecule has 1 heterocycles. The summed E-state index contributed by atoms with van der Waals surface area (Å²) in [5, 5.41) is 9.91. The summed E-state index contributed by atoms with van der Waals surface area (Å²) < 4.78 is 39.3. The SMILES string of the molecule is O=c1nc(/C=C/c2cc(I)cc(I)c2O)cc(C(F)(F)F)[nH]1. The highest BCUT2D eigenvalue weighted by Gasteiger charge is 2.32. The molecule has 0 saturated heterocycles. The average molecular weight is 534 g/mol. The Labute approximate surface area is 149 Å². The van der Waals surface area contributed by atoms with E-state index in [2.05, 4.69) is 27.6 Å². The van der Waals surface area contributed by atoms with E-state index >= 15 is 0 Å². The molecule has 0 bridgehead atoms. The van der Waals surface area contributed by atoms with E-state index in [1.807, 2.05) is 22.6 Å². The molecule has 1 aromatic heterocycles. The van der Waals surface area contributed by atoms with E-state index in [0.29, 0.717) is 9.13 Å². The Morgan fingerprint density at radius 2 is 1.86 bits per heavy atom. The molecule has 2 rings (SSSR count). The molecule has 0 saturated carbocycles. The lowest BCUT2D eigenvalue weighted by Crippen LogP contribution is -2.19. The predicted octanol–water partition coefficient (Wildman–Crippen LogP) is 3.87. The van der Waals surface area contributed by atoms with Crippen molar-refractivity contribution < 1.29 is 18.3 Å². The fraction of sp³-hybridized carbons (Fsp3) is 0.0769. The normalized spacial score (nSPS) is 12.0. The van der Waals surface area contributed by atoms with E-state index in [4.69, 9.17) is 0 Å². The third-order valence-electron chi connectivity index (χ3n) is 2.56. The van der Waals surface area contributed by atoms with Gasteiger partial charge in [-0.15, -0.1) is 0 Å². The number of nitrogens with zero attached hydrogens (tertiary/aromatic N) is 1. The number of H-pyrrole nitrogens is 1. The van der Waals surface area contributed by atoms with Gasteiger partial charge in [0.2, 0.25) is 0 Å². The summed E-state index contributed by atoms with van der Waals surface area (Å²) in [7, 11) is 0. The minimum atomic E-state index is -4.66. The molecule has 116 valence electrons. The number of hydrogen-bond acceptors (Lipinski definition) is 3. The Balaban J connectivity index is 2.43. The summed E-state index contributed by atoms with van der Waals surface area (Å²) in [5.41, 5.74) is -1.99. The van der Waals surface area contributed by atoms with Crippen molar-refractivity contribution in [2.75, 3.05) is 0 Å². The second-order valence-electron chi connectivity index (χ2n) is 4.18. The number of alkyl halides is 3. The van der Waals surface area contributed by atoms with Crippen molar-refractivity contribution in [2.45, 2.75) is 6.18 Å². The van der Waals surface area contributed by atoms with Crippen LogP contribution in [0.2, 0.25) is 0 Å². The first kappa shape index (κ1) is 17.2. The summed E-state index contributed by atoms with van der Waals surface area (Å²) in [6.45, 7) is 0. The zero-order valence-corrected chi connectivity index (χ0v) is 14.9. The number of halogens is 5. The van der Waals surface area contributed by atoms with E-state index in [1.165, 1.54) is 12.2 Å². The van der Waals surface area contributed by atoms with Crippen LogP contribution >= 0.6 is 45.2 Å². The second-order valence-corrected chi connectivity index (χ2v) is 6.59. The summed E-state index contributed by atoms with van der Waals surface area (Å²) >= 11 is 4.00. The van der Waals surface area contributed by atoms with E-state index < -0.39 is 17.6 Å². The molecular formula is C13H7F3I2N2O2. The molecule has 0 atom stereocenters. The Kier molecular flexibility index (Phi) is 5.14. The van der Waals surface area contributed by atoms with Crippen LogP contribution in [0.15, 0.2) is 23.0 Å². The first-order chi connectivity index (χ1) is 10.2. The summed E-state index contributed by atoms with van der Waals surface area (Å²) in [6.07, 6.45) is -2.02. The Hall–Kier alpha value is -1.11. The number of aromatic nitrogens is 2. The number of hydrogen-bond donors (Lipinski definition) is 2. The molecule has 0 fully saturated rings. The highest BCUT2D eigenvalue weighted by molar-refractivity contribution is 14.1. The zero-order chi connectivity index (χ0) is 16.5. The molecule has 0 spiro atoms. The number of aromatic amines is 1. The van der Waals surface area contributed by atoms with Crippen LogP contribution in [0.4, 0.5) is 13.2 Å². The molecule has 0 amide bonds. The van der Waals surface area contributed by atoms with Gasteiger partial charge >= 0.3 is 11.9 Å². The lowest BCUT2D eigenvalue weighted by molar-refractivity contribution is -0.141. The van der Waals surface area contributed by atoms with E-state index in [9.17, 15) is 23.1 Å². The summed E-state index contributed by atoms with van der Waals surface area (Å²) in [5.74, 6) is 0.0122. The van der Waals surface area contributed by atoms with Crippen molar-refractivity contribution in [1.82, 2.24) is 9.97 Å². The van der Waals surface area contributed by atoms with Gasteiger partial charge in [-0.2, -0.15) is 18.2 Å². The standard InChI is InChI=1S/C13H7F3I2N2O2/c14-13(15,16)10-5-8(19-12(22)20-10)2-1-6-3-7(17)4-9(18)11(6)21/h1-5,21H,(H,19,20,22)/b2-1+.